The van der Waals surface area contributed by atoms with Crippen molar-refractivity contribution in [2.75, 3.05) is 6.54 Å². The van der Waals surface area contributed by atoms with Gasteiger partial charge in [0.25, 0.3) is 5.56 Å². The van der Waals surface area contributed by atoms with Gasteiger partial charge in [0.1, 0.15) is 0 Å². The molecule has 3 heterocycles. The average molecular weight is 348 g/mol. The molecule has 0 amide bonds. The molecule has 0 spiro atoms. The van der Waals surface area contributed by atoms with E-state index in [0.717, 1.165) is 0 Å². The van der Waals surface area contributed by atoms with E-state index in [1.807, 2.05) is 9.88 Å². The molecule has 1 N–H and O–H groups in total. The Morgan fingerprint density at radius 3 is 2.78 bits per heavy atom. The summed E-state index contributed by atoms with van der Waals surface area (Å²) >= 11 is 6.05. The van der Waals surface area contributed by atoms with E-state index in [4.69, 9.17) is 11.6 Å². The minimum atomic E-state index is -4.66. The second-order valence-corrected chi connectivity index (χ2v) is 5.80. The fourth-order valence-electron chi connectivity index (χ4n) is 2.57. The van der Waals surface area contributed by atoms with Gasteiger partial charge in [-0.1, -0.05) is 11.6 Å². The second-order valence-electron chi connectivity index (χ2n) is 5.40. The maximum atomic E-state index is 12.7. The van der Waals surface area contributed by atoms with E-state index in [2.05, 4.69) is 10.1 Å². The zero-order valence-corrected chi connectivity index (χ0v) is 12.9. The van der Waals surface area contributed by atoms with E-state index in [9.17, 15) is 18.0 Å². The van der Waals surface area contributed by atoms with E-state index >= 15 is 0 Å². The molecule has 0 aliphatic carbocycles. The highest BCUT2D eigenvalue weighted by Gasteiger charge is 2.36. The molecule has 2 aromatic rings. The molecule has 1 aliphatic heterocycles. The van der Waals surface area contributed by atoms with Crippen molar-refractivity contribution in [3.05, 3.63) is 44.3 Å². The van der Waals surface area contributed by atoms with Gasteiger partial charge in [-0.25, -0.2) is 4.98 Å². The van der Waals surface area contributed by atoms with Crippen LogP contribution >= 0.6 is 11.6 Å². The van der Waals surface area contributed by atoms with Gasteiger partial charge in [0, 0.05) is 39.3 Å². The van der Waals surface area contributed by atoms with Crippen LogP contribution < -0.4 is 5.56 Å². The van der Waals surface area contributed by atoms with E-state index in [-0.39, 0.29) is 24.2 Å². The maximum Gasteiger partial charge on any atom is 0.449 e. The van der Waals surface area contributed by atoms with Crippen molar-refractivity contribution >= 4 is 11.6 Å². The first-order valence-electron chi connectivity index (χ1n) is 6.83. The minimum absolute atomic E-state index is 0.199. The largest absolute Gasteiger partial charge is 0.449 e. The molecular weight excluding hydrogens is 335 g/mol. The third-order valence-corrected chi connectivity index (χ3v) is 3.96. The number of aryl methyl sites for hydroxylation is 1. The molecule has 2 aromatic heterocycles. The van der Waals surface area contributed by atoms with E-state index in [0.29, 0.717) is 23.8 Å². The predicted molar refractivity (Wildman–Crippen MR) is 75.9 cm³/mol. The zero-order valence-electron chi connectivity index (χ0n) is 12.1. The summed E-state index contributed by atoms with van der Waals surface area (Å²) in [5, 5.41) is 4.73. The van der Waals surface area contributed by atoms with Crippen LogP contribution in [0.4, 0.5) is 13.2 Å². The molecule has 0 unspecified atom stereocenters. The van der Waals surface area contributed by atoms with Crippen LogP contribution in [0.15, 0.2) is 11.0 Å². The topological polar surface area (TPSA) is 66.8 Å². The standard InChI is InChI=1S/C13H13ClF3N5O/c1-21-5-8(14)10(20-21)6-22-3-2-9-7(4-22)11(23)19-12(18-9)13(15,16)17/h5H,2-4,6H2,1H3,(H,18,19,23). The van der Waals surface area contributed by atoms with Gasteiger partial charge in [-0.15, -0.1) is 0 Å². The highest BCUT2D eigenvalue weighted by atomic mass is 35.5. The lowest BCUT2D eigenvalue weighted by Crippen LogP contribution is -2.36. The lowest BCUT2D eigenvalue weighted by Gasteiger charge is -2.27. The molecule has 0 radical (unpaired) electrons. The van der Waals surface area contributed by atoms with Gasteiger partial charge in [0.2, 0.25) is 5.82 Å². The fourth-order valence-corrected chi connectivity index (χ4v) is 2.81. The van der Waals surface area contributed by atoms with E-state index in [1.165, 1.54) is 0 Å². The normalized spacial score (nSPS) is 15.7. The van der Waals surface area contributed by atoms with Crippen molar-refractivity contribution in [1.29, 1.82) is 0 Å². The Hall–Kier alpha value is -1.87. The number of H-pyrrole nitrogens is 1. The van der Waals surface area contributed by atoms with Gasteiger partial charge >= 0.3 is 6.18 Å². The molecule has 0 saturated heterocycles. The van der Waals surface area contributed by atoms with Gasteiger partial charge in [0.15, 0.2) is 0 Å². The lowest BCUT2D eigenvalue weighted by atomic mass is 10.1. The van der Waals surface area contributed by atoms with Crippen LogP contribution in [0.1, 0.15) is 22.8 Å². The number of halogens is 4. The highest BCUT2D eigenvalue weighted by molar-refractivity contribution is 6.31. The van der Waals surface area contributed by atoms with E-state index < -0.39 is 17.6 Å². The number of rotatable bonds is 2. The molecule has 0 bridgehead atoms. The molecule has 3 rings (SSSR count). The number of aromatic amines is 1. The quantitative estimate of drug-likeness (QED) is 0.898. The van der Waals surface area contributed by atoms with Crippen molar-refractivity contribution in [3.63, 3.8) is 0 Å². The predicted octanol–water partition coefficient (Wildman–Crippen LogP) is 1.73. The summed E-state index contributed by atoms with van der Waals surface area (Å²) in [6, 6.07) is 0. The molecule has 23 heavy (non-hydrogen) atoms. The fraction of sp³-hybridized carbons (Fsp3) is 0.462. The number of nitrogens with zero attached hydrogens (tertiary/aromatic N) is 4. The Morgan fingerprint density at radius 2 is 2.17 bits per heavy atom. The Bertz CT molecular complexity index is 798. The third-order valence-electron chi connectivity index (χ3n) is 3.64. The van der Waals surface area contributed by atoms with Crippen LogP contribution in [-0.2, 0) is 32.7 Å². The van der Waals surface area contributed by atoms with Crippen molar-refractivity contribution in [3.8, 4) is 0 Å². The molecule has 0 fully saturated rings. The van der Waals surface area contributed by atoms with Crippen LogP contribution in [0.25, 0.3) is 0 Å². The Morgan fingerprint density at radius 1 is 1.43 bits per heavy atom. The van der Waals surface area contributed by atoms with Gasteiger partial charge in [-0.2, -0.15) is 18.3 Å². The zero-order chi connectivity index (χ0) is 16.8. The summed E-state index contributed by atoms with van der Waals surface area (Å²) in [7, 11) is 1.74. The molecular formula is C13H13ClF3N5O. The molecule has 0 aromatic carbocycles. The monoisotopic (exact) mass is 347 g/mol. The number of nitrogens with one attached hydrogen (secondary N) is 1. The molecule has 6 nitrogen and oxygen atoms in total. The minimum Gasteiger partial charge on any atom is -0.303 e. The smallest absolute Gasteiger partial charge is 0.303 e. The highest BCUT2D eigenvalue weighted by Crippen LogP contribution is 2.27. The number of fused-ring (bicyclic) bond motifs is 1. The first kappa shape index (κ1) is 16.0. The van der Waals surface area contributed by atoms with Gasteiger partial charge in [0.05, 0.1) is 22.0 Å². The van der Waals surface area contributed by atoms with Crippen LogP contribution in [0.3, 0.4) is 0 Å². The summed E-state index contributed by atoms with van der Waals surface area (Å²) in [5.41, 5.74) is 0.369. The maximum absolute atomic E-state index is 12.7. The number of hydrogen-bond donors (Lipinski definition) is 1. The first-order valence-corrected chi connectivity index (χ1v) is 7.21. The van der Waals surface area contributed by atoms with Crippen LogP contribution in [0.2, 0.25) is 5.02 Å². The van der Waals surface area contributed by atoms with E-state index in [1.54, 1.807) is 17.9 Å². The summed E-state index contributed by atoms with van der Waals surface area (Å²) < 4.78 is 39.6. The van der Waals surface area contributed by atoms with Crippen LogP contribution in [0, 0.1) is 0 Å². The second kappa shape index (κ2) is 5.64. The molecule has 10 heteroatoms. The third kappa shape index (κ3) is 3.25. The average Bonchev–Trinajstić information content (AvgIpc) is 2.76. The molecule has 0 saturated carbocycles. The molecule has 0 atom stereocenters. The summed E-state index contributed by atoms with van der Waals surface area (Å²) in [5.74, 6) is -1.25. The van der Waals surface area contributed by atoms with Crippen molar-refractivity contribution in [2.45, 2.75) is 25.7 Å². The van der Waals surface area contributed by atoms with Gasteiger partial charge < -0.3 is 4.98 Å². The SMILES string of the molecule is Cn1cc(Cl)c(CN2CCc3nc(C(F)(F)F)[nH]c(=O)c3C2)n1. The first-order chi connectivity index (χ1) is 10.7. The van der Waals surface area contributed by atoms with Crippen molar-refractivity contribution in [1.82, 2.24) is 24.6 Å². The summed E-state index contributed by atoms with van der Waals surface area (Å²) in [6.07, 6.45) is -2.72. The molecule has 1 aliphatic rings. The number of alkyl halides is 3. The van der Waals surface area contributed by atoms with Crippen LogP contribution in [-0.4, -0.2) is 31.2 Å². The number of aromatic nitrogens is 4. The van der Waals surface area contributed by atoms with Crippen LogP contribution in [0.5, 0.6) is 0 Å². The summed E-state index contributed by atoms with van der Waals surface area (Å²) in [6.45, 7) is 1.11. The summed E-state index contributed by atoms with van der Waals surface area (Å²) in [4.78, 5) is 19.2. The lowest BCUT2D eigenvalue weighted by molar-refractivity contribution is -0.145. The van der Waals surface area contributed by atoms with Gasteiger partial charge in [-0.3, -0.25) is 14.4 Å². The Kier molecular flexibility index (Phi) is 3.93. The molecule has 124 valence electrons. The Balaban J connectivity index is 1.84. The van der Waals surface area contributed by atoms with Crippen molar-refractivity contribution < 1.29 is 13.2 Å². The van der Waals surface area contributed by atoms with Crippen molar-refractivity contribution in [2.24, 2.45) is 7.05 Å². The Labute approximate surface area is 133 Å². The number of hydrogen-bond acceptors (Lipinski definition) is 4. The van der Waals surface area contributed by atoms with Gasteiger partial charge in [-0.05, 0) is 0 Å².